The van der Waals surface area contributed by atoms with E-state index in [1.54, 1.807) is 0 Å². The van der Waals surface area contributed by atoms with E-state index in [2.05, 4.69) is 19.4 Å². The molecule has 0 spiro atoms. The third-order valence-corrected chi connectivity index (χ3v) is 2.86. The first-order valence-corrected chi connectivity index (χ1v) is 6.04. The molecule has 1 aromatic heterocycles. The third-order valence-electron chi connectivity index (χ3n) is 2.17. The lowest BCUT2D eigenvalue weighted by Crippen LogP contribution is -2.20. The second-order valence-corrected chi connectivity index (χ2v) is 4.58. The fourth-order valence-electron chi connectivity index (χ4n) is 1.23. The number of nitrogens with zero attached hydrogens (tertiary/aromatic N) is 2. The van der Waals surface area contributed by atoms with Crippen molar-refractivity contribution in [2.24, 2.45) is 0 Å². The molecule has 1 saturated carbocycles. The molecule has 0 amide bonds. The molecule has 0 saturated heterocycles. The summed E-state index contributed by atoms with van der Waals surface area (Å²) in [5.74, 6) is 1.33. The molecule has 0 aliphatic heterocycles. The minimum absolute atomic E-state index is 0.00213. The Morgan fingerprint density at radius 3 is 2.82 bits per heavy atom. The Morgan fingerprint density at radius 2 is 2.18 bits per heavy atom. The molecule has 1 fully saturated rings. The van der Waals surface area contributed by atoms with Crippen LogP contribution < -0.4 is 5.32 Å². The lowest BCUT2D eigenvalue weighted by molar-refractivity contribution is -0.172. The van der Waals surface area contributed by atoms with Crippen molar-refractivity contribution in [1.29, 1.82) is 0 Å². The zero-order chi connectivity index (χ0) is 12.3. The highest BCUT2D eigenvalue weighted by atomic mass is 32.1. The predicted octanol–water partition coefficient (Wildman–Crippen LogP) is 2.41. The molecule has 0 radical (unpaired) electrons. The fourth-order valence-corrected chi connectivity index (χ4v) is 1.90. The van der Waals surface area contributed by atoms with Crippen LogP contribution in [0.2, 0.25) is 0 Å². The van der Waals surface area contributed by atoms with Crippen LogP contribution >= 0.6 is 11.5 Å². The molecule has 4 nitrogen and oxygen atoms in total. The monoisotopic (exact) mass is 267 g/mol. The maximum absolute atomic E-state index is 11.7. The number of nitrogens with one attached hydrogen (secondary N) is 1. The Morgan fingerprint density at radius 1 is 1.41 bits per heavy atom. The van der Waals surface area contributed by atoms with Crippen LogP contribution in [0, 0.1) is 0 Å². The van der Waals surface area contributed by atoms with Crippen LogP contribution in [-0.4, -0.2) is 35.3 Å². The summed E-state index contributed by atoms with van der Waals surface area (Å²) in [5, 5.41) is 3.53. The van der Waals surface area contributed by atoms with Crippen LogP contribution in [0.3, 0.4) is 0 Å². The molecular formula is C9H12F3N3OS. The third kappa shape index (κ3) is 4.47. The number of rotatable bonds is 6. The molecule has 0 bridgehead atoms. The molecule has 2 rings (SSSR count). The van der Waals surface area contributed by atoms with Gasteiger partial charge in [-0.15, -0.1) is 0 Å². The Bertz CT molecular complexity index is 365. The SMILES string of the molecule is FC(F)(F)COCCNc1nc(C2CC2)ns1. The van der Waals surface area contributed by atoms with Crippen LogP contribution in [0.5, 0.6) is 0 Å². The summed E-state index contributed by atoms with van der Waals surface area (Å²) in [7, 11) is 0. The summed E-state index contributed by atoms with van der Waals surface area (Å²) >= 11 is 1.23. The average molecular weight is 267 g/mol. The molecule has 1 aliphatic rings. The highest BCUT2D eigenvalue weighted by Crippen LogP contribution is 2.39. The van der Waals surface area contributed by atoms with Gasteiger partial charge in [0.2, 0.25) is 5.13 Å². The van der Waals surface area contributed by atoms with Gasteiger partial charge in [-0.05, 0) is 12.8 Å². The smallest absolute Gasteiger partial charge is 0.370 e. The van der Waals surface area contributed by atoms with Crippen molar-refractivity contribution in [3.8, 4) is 0 Å². The van der Waals surface area contributed by atoms with Gasteiger partial charge in [0.1, 0.15) is 12.4 Å². The largest absolute Gasteiger partial charge is 0.411 e. The van der Waals surface area contributed by atoms with Crippen molar-refractivity contribution in [2.75, 3.05) is 25.1 Å². The summed E-state index contributed by atoms with van der Waals surface area (Å²) in [6.07, 6.45) is -2.00. The maximum Gasteiger partial charge on any atom is 0.411 e. The van der Waals surface area contributed by atoms with E-state index in [0.29, 0.717) is 17.6 Å². The van der Waals surface area contributed by atoms with Crippen LogP contribution in [0.25, 0.3) is 0 Å². The van der Waals surface area contributed by atoms with Crippen molar-refractivity contribution in [3.05, 3.63) is 5.82 Å². The molecule has 96 valence electrons. The molecular weight excluding hydrogens is 255 g/mol. The maximum atomic E-state index is 11.7. The van der Waals surface area contributed by atoms with Crippen LogP contribution in [-0.2, 0) is 4.74 Å². The first-order valence-electron chi connectivity index (χ1n) is 5.26. The predicted molar refractivity (Wildman–Crippen MR) is 57.2 cm³/mol. The number of halogens is 3. The number of alkyl halides is 3. The summed E-state index contributed by atoms with van der Waals surface area (Å²) in [4.78, 5) is 4.24. The number of aromatic nitrogens is 2. The molecule has 8 heteroatoms. The lowest BCUT2D eigenvalue weighted by Gasteiger charge is -2.07. The van der Waals surface area contributed by atoms with Crippen LogP contribution in [0.15, 0.2) is 0 Å². The van der Waals surface area contributed by atoms with Gasteiger partial charge >= 0.3 is 6.18 Å². The van der Waals surface area contributed by atoms with Crippen molar-refractivity contribution in [3.63, 3.8) is 0 Å². The lowest BCUT2D eigenvalue weighted by atomic mass is 10.4. The minimum atomic E-state index is -4.26. The van der Waals surface area contributed by atoms with Crippen molar-refractivity contribution < 1.29 is 17.9 Å². The normalized spacial score (nSPS) is 16.2. The molecule has 1 aromatic rings. The second-order valence-electron chi connectivity index (χ2n) is 3.83. The zero-order valence-corrected chi connectivity index (χ0v) is 9.77. The highest BCUT2D eigenvalue weighted by molar-refractivity contribution is 7.09. The highest BCUT2D eigenvalue weighted by Gasteiger charge is 2.28. The van der Waals surface area contributed by atoms with Crippen molar-refractivity contribution >= 4 is 16.7 Å². The van der Waals surface area contributed by atoms with E-state index in [0.717, 1.165) is 18.7 Å². The molecule has 1 N–H and O–H groups in total. The van der Waals surface area contributed by atoms with E-state index in [-0.39, 0.29) is 6.61 Å². The second kappa shape index (κ2) is 5.18. The van der Waals surface area contributed by atoms with Gasteiger partial charge in [0.05, 0.1) is 6.61 Å². The fraction of sp³-hybridized carbons (Fsp3) is 0.778. The van der Waals surface area contributed by atoms with Crippen molar-refractivity contribution in [2.45, 2.75) is 24.9 Å². The molecule has 0 atom stereocenters. The van der Waals surface area contributed by atoms with E-state index in [4.69, 9.17) is 0 Å². The van der Waals surface area contributed by atoms with E-state index in [1.807, 2.05) is 0 Å². The van der Waals surface area contributed by atoms with Gasteiger partial charge in [-0.1, -0.05) is 0 Å². The number of ether oxygens (including phenoxy) is 1. The van der Waals surface area contributed by atoms with Crippen LogP contribution in [0.1, 0.15) is 24.6 Å². The zero-order valence-electron chi connectivity index (χ0n) is 8.96. The molecule has 1 heterocycles. The first-order chi connectivity index (χ1) is 8.04. The quantitative estimate of drug-likeness (QED) is 0.804. The van der Waals surface area contributed by atoms with E-state index >= 15 is 0 Å². The van der Waals surface area contributed by atoms with Gasteiger partial charge in [-0.25, -0.2) is 4.98 Å². The average Bonchev–Trinajstić information content (AvgIpc) is 2.97. The standard InChI is InChI=1S/C9H12F3N3OS/c10-9(11,12)5-16-4-3-13-8-14-7(15-17-8)6-1-2-6/h6H,1-5H2,(H,13,14,15). The molecule has 17 heavy (non-hydrogen) atoms. The summed E-state index contributed by atoms with van der Waals surface area (Å²) < 4.78 is 43.8. The minimum Gasteiger partial charge on any atom is -0.370 e. The topological polar surface area (TPSA) is 47.0 Å². The summed E-state index contributed by atoms with van der Waals surface area (Å²) in [6.45, 7) is -0.911. The molecule has 1 aliphatic carbocycles. The van der Waals surface area contributed by atoms with Gasteiger partial charge < -0.3 is 10.1 Å². The van der Waals surface area contributed by atoms with Crippen LogP contribution in [0.4, 0.5) is 18.3 Å². The Balaban J connectivity index is 1.61. The van der Waals surface area contributed by atoms with E-state index in [9.17, 15) is 13.2 Å². The van der Waals surface area contributed by atoms with Gasteiger partial charge in [0.15, 0.2) is 0 Å². The number of anilines is 1. The van der Waals surface area contributed by atoms with Gasteiger partial charge in [-0.3, -0.25) is 0 Å². The van der Waals surface area contributed by atoms with Gasteiger partial charge in [-0.2, -0.15) is 17.5 Å². The number of hydrogen-bond acceptors (Lipinski definition) is 5. The molecule has 0 unspecified atom stereocenters. The van der Waals surface area contributed by atoms with Gasteiger partial charge in [0.25, 0.3) is 0 Å². The Kier molecular flexibility index (Phi) is 3.82. The summed E-state index contributed by atoms with van der Waals surface area (Å²) in [5.41, 5.74) is 0. The summed E-state index contributed by atoms with van der Waals surface area (Å²) in [6, 6.07) is 0. The number of hydrogen-bond donors (Lipinski definition) is 1. The molecule has 0 aromatic carbocycles. The first kappa shape index (κ1) is 12.6. The Hall–Kier alpha value is -0.890. The van der Waals surface area contributed by atoms with Gasteiger partial charge in [0, 0.05) is 24.0 Å². The van der Waals surface area contributed by atoms with E-state index in [1.165, 1.54) is 11.5 Å². The van der Waals surface area contributed by atoms with E-state index < -0.39 is 12.8 Å². The van der Waals surface area contributed by atoms with Crippen molar-refractivity contribution in [1.82, 2.24) is 9.36 Å². The Labute approximate surface area is 100 Å².